The molecule has 0 saturated carbocycles. The second-order valence-corrected chi connectivity index (χ2v) is 4.56. The number of hydrogen-bond acceptors (Lipinski definition) is 3. The van der Waals surface area contributed by atoms with Crippen LogP contribution in [0.25, 0.3) is 0 Å². The largest absolute Gasteiger partial charge is 0.491 e. The van der Waals surface area contributed by atoms with Crippen LogP contribution in [-0.4, -0.2) is 25.4 Å². The zero-order chi connectivity index (χ0) is 12.7. The Bertz CT molecular complexity index is 324. The van der Waals surface area contributed by atoms with Gasteiger partial charge in [-0.1, -0.05) is 18.2 Å². The normalized spacial score (nSPS) is 12.8. The van der Waals surface area contributed by atoms with Gasteiger partial charge in [0.15, 0.2) is 0 Å². The Morgan fingerprint density at radius 2 is 1.82 bits per heavy atom. The average Bonchev–Trinajstić information content (AvgIpc) is 2.25. The van der Waals surface area contributed by atoms with E-state index in [9.17, 15) is 0 Å². The Labute approximate surface area is 104 Å². The summed E-state index contributed by atoms with van der Waals surface area (Å²) < 4.78 is 11.1. The molecule has 0 amide bonds. The van der Waals surface area contributed by atoms with E-state index in [-0.39, 0.29) is 12.1 Å². The molecule has 1 aromatic carbocycles. The highest BCUT2D eigenvalue weighted by atomic mass is 16.5. The van der Waals surface area contributed by atoms with Crippen LogP contribution in [0.1, 0.15) is 26.3 Å². The number of rotatable bonds is 7. The van der Waals surface area contributed by atoms with Gasteiger partial charge in [-0.05, 0) is 38.8 Å². The van der Waals surface area contributed by atoms with E-state index in [4.69, 9.17) is 15.2 Å². The maximum absolute atomic E-state index is 5.81. The highest BCUT2D eigenvalue weighted by Gasteiger charge is 2.05. The fraction of sp³-hybridized carbons (Fsp3) is 0.571. The van der Waals surface area contributed by atoms with Crippen LogP contribution in [0.4, 0.5) is 0 Å². The summed E-state index contributed by atoms with van der Waals surface area (Å²) in [5, 5.41) is 0. The third-order valence-corrected chi connectivity index (χ3v) is 2.31. The summed E-state index contributed by atoms with van der Waals surface area (Å²) in [4.78, 5) is 0. The van der Waals surface area contributed by atoms with Crippen LogP contribution in [0.2, 0.25) is 0 Å². The van der Waals surface area contributed by atoms with Crippen LogP contribution in [0.15, 0.2) is 24.3 Å². The van der Waals surface area contributed by atoms with Crippen molar-refractivity contribution in [2.24, 2.45) is 5.73 Å². The molecule has 0 aromatic heterocycles. The highest BCUT2D eigenvalue weighted by molar-refractivity contribution is 5.33. The fourth-order valence-electron chi connectivity index (χ4n) is 1.60. The van der Waals surface area contributed by atoms with Crippen LogP contribution >= 0.6 is 0 Å². The number of ether oxygens (including phenoxy) is 2. The molecule has 0 fully saturated rings. The monoisotopic (exact) mass is 237 g/mol. The van der Waals surface area contributed by atoms with E-state index < -0.39 is 0 Å². The van der Waals surface area contributed by atoms with Gasteiger partial charge in [0.25, 0.3) is 0 Å². The molecule has 0 aliphatic carbocycles. The van der Waals surface area contributed by atoms with Crippen molar-refractivity contribution < 1.29 is 9.47 Å². The number of para-hydroxylation sites is 1. The molecule has 0 aliphatic rings. The van der Waals surface area contributed by atoms with Gasteiger partial charge < -0.3 is 15.2 Å². The van der Waals surface area contributed by atoms with E-state index in [1.165, 1.54) is 0 Å². The van der Waals surface area contributed by atoms with E-state index >= 15 is 0 Å². The second kappa shape index (κ2) is 7.30. The van der Waals surface area contributed by atoms with Crippen molar-refractivity contribution in [3.8, 4) is 5.75 Å². The summed E-state index contributed by atoms with van der Waals surface area (Å²) in [5.74, 6) is 0.914. The van der Waals surface area contributed by atoms with Gasteiger partial charge in [-0.15, -0.1) is 0 Å². The van der Waals surface area contributed by atoms with Crippen LogP contribution in [0, 0.1) is 0 Å². The Hall–Kier alpha value is -1.06. The Kier molecular flexibility index (Phi) is 6.01. The maximum Gasteiger partial charge on any atom is 0.122 e. The average molecular weight is 237 g/mol. The molecule has 96 valence electrons. The summed E-state index contributed by atoms with van der Waals surface area (Å²) >= 11 is 0. The highest BCUT2D eigenvalue weighted by Crippen LogP contribution is 2.19. The van der Waals surface area contributed by atoms with E-state index in [0.29, 0.717) is 13.2 Å². The van der Waals surface area contributed by atoms with Gasteiger partial charge in [0.2, 0.25) is 0 Å². The van der Waals surface area contributed by atoms with Crippen molar-refractivity contribution in [1.82, 2.24) is 0 Å². The number of hydrogen-bond donors (Lipinski definition) is 1. The van der Waals surface area contributed by atoms with E-state index in [1.807, 2.05) is 39.0 Å². The van der Waals surface area contributed by atoms with Crippen molar-refractivity contribution in [3.63, 3.8) is 0 Å². The molecule has 1 aromatic rings. The first-order valence-electron chi connectivity index (χ1n) is 6.17. The first kappa shape index (κ1) is 14.0. The minimum Gasteiger partial charge on any atom is -0.491 e. The van der Waals surface area contributed by atoms with Gasteiger partial charge in [-0.2, -0.15) is 0 Å². The smallest absolute Gasteiger partial charge is 0.122 e. The van der Waals surface area contributed by atoms with E-state index in [2.05, 4.69) is 6.07 Å². The van der Waals surface area contributed by atoms with E-state index in [0.717, 1.165) is 17.7 Å². The molecule has 3 nitrogen and oxygen atoms in total. The molecule has 17 heavy (non-hydrogen) atoms. The third kappa shape index (κ3) is 5.71. The van der Waals surface area contributed by atoms with Gasteiger partial charge >= 0.3 is 0 Å². The Morgan fingerprint density at radius 3 is 2.47 bits per heavy atom. The summed E-state index contributed by atoms with van der Waals surface area (Å²) in [5.41, 5.74) is 6.97. The lowest BCUT2D eigenvalue weighted by molar-refractivity contribution is 0.0550. The summed E-state index contributed by atoms with van der Waals surface area (Å²) in [6, 6.07) is 8.17. The quantitative estimate of drug-likeness (QED) is 0.740. The molecule has 3 heteroatoms. The standard InChI is InChI=1S/C14H23NO2/c1-11(2)16-8-9-17-14-7-5-4-6-13(14)10-12(3)15/h4-7,11-12H,8-10,15H2,1-3H3. The molecule has 1 unspecified atom stereocenters. The first-order valence-corrected chi connectivity index (χ1v) is 6.17. The lowest BCUT2D eigenvalue weighted by atomic mass is 10.1. The topological polar surface area (TPSA) is 44.5 Å². The molecule has 0 spiro atoms. The molecule has 0 radical (unpaired) electrons. The van der Waals surface area contributed by atoms with E-state index in [1.54, 1.807) is 0 Å². The van der Waals surface area contributed by atoms with Gasteiger partial charge in [0, 0.05) is 6.04 Å². The van der Waals surface area contributed by atoms with Crippen LogP contribution in [0.5, 0.6) is 5.75 Å². The van der Waals surface area contributed by atoms with Gasteiger partial charge in [-0.3, -0.25) is 0 Å². The molecule has 2 N–H and O–H groups in total. The van der Waals surface area contributed by atoms with Crippen molar-refractivity contribution >= 4 is 0 Å². The van der Waals surface area contributed by atoms with Crippen molar-refractivity contribution in [2.45, 2.75) is 39.3 Å². The second-order valence-electron chi connectivity index (χ2n) is 4.56. The van der Waals surface area contributed by atoms with Gasteiger partial charge in [-0.25, -0.2) is 0 Å². The predicted molar refractivity (Wildman–Crippen MR) is 70.4 cm³/mol. The molecule has 0 aliphatic heterocycles. The van der Waals surface area contributed by atoms with Crippen LogP contribution in [0.3, 0.4) is 0 Å². The molecular weight excluding hydrogens is 214 g/mol. The molecule has 0 heterocycles. The third-order valence-electron chi connectivity index (χ3n) is 2.31. The SMILES string of the molecule is CC(N)Cc1ccccc1OCCOC(C)C. The molecule has 0 saturated heterocycles. The van der Waals surface area contributed by atoms with Crippen molar-refractivity contribution in [3.05, 3.63) is 29.8 Å². The van der Waals surface area contributed by atoms with Crippen LogP contribution in [-0.2, 0) is 11.2 Å². The van der Waals surface area contributed by atoms with Crippen molar-refractivity contribution in [2.75, 3.05) is 13.2 Å². The minimum atomic E-state index is 0.145. The Morgan fingerprint density at radius 1 is 1.12 bits per heavy atom. The summed E-state index contributed by atoms with van der Waals surface area (Å²) in [7, 11) is 0. The lowest BCUT2D eigenvalue weighted by Gasteiger charge is -2.13. The Balaban J connectivity index is 2.46. The van der Waals surface area contributed by atoms with Crippen molar-refractivity contribution in [1.29, 1.82) is 0 Å². The number of nitrogens with two attached hydrogens (primary N) is 1. The molecule has 1 rings (SSSR count). The molecule has 0 bridgehead atoms. The number of benzene rings is 1. The maximum atomic E-state index is 5.81. The predicted octanol–water partition coefficient (Wildman–Crippen LogP) is 2.38. The summed E-state index contributed by atoms with van der Waals surface area (Å²) in [6.07, 6.45) is 1.08. The first-order chi connectivity index (χ1) is 8.09. The van der Waals surface area contributed by atoms with Gasteiger partial charge in [0.05, 0.1) is 12.7 Å². The zero-order valence-electron chi connectivity index (χ0n) is 11.0. The zero-order valence-corrected chi connectivity index (χ0v) is 11.0. The summed E-state index contributed by atoms with van der Waals surface area (Å²) in [6.45, 7) is 7.23. The minimum absolute atomic E-state index is 0.145. The molecular formula is C14H23NO2. The van der Waals surface area contributed by atoms with Crippen LogP contribution < -0.4 is 10.5 Å². The van der Waals surface area contributed by atoms with Gasteiger partial charge in [0.1, 0.15) is 12.4 Å². The lowest BCUT2D eigenvalue weighted by Crippen LogP contribution is -2.18. The fourth-order valence-corrected chi connectivity index (χ4v) is 1.60. The molecule has 1 atom stereocenters.